The van der Waals surface area contributed by atoms with Gasteiger partial charge in [0.1, 0.15) is 6.10 Å². The molecule has 2 nitrogen and oxygen atoms in total. The summed E-state index contributed by atoms with van der Waals surface area (Å²) in [5, 5.41) is 0. The van der Waals surface area contributed by atoms with E-state index in [-0.39, 0.29) is 12.1 Å². The maximum absolute atomic E-state index is 11.5. The standard InChI is InChI=1S/C13H22O2/c1-2-3-4-5-13(14)15-12-9-10-6-7-11(12)8-10/h10-12H,2-9H2,1H3/t10-,11+,12-/m1/s1. The molecule has 2 rings (SSSR count). The Hall–Kier alpha value is -0.530. The molecule has 2 aliphatic carbocycles. The van der Waals surface area contributed by atoms with Gasteiger partial charge in [0.05, 0.1) is 0 Å². The molecule has 0 N–H and O–H groups in total. The van der Waals surface area contributed by atoms with Crippen LogP contribution in [0.3, 0.4) is 0 Å². The maximum Gasteiger partial charge on any atom is 0.306 e. The van der Waals surface area contributed by atoms with Crippen LogP contribution in [0.15, 0.2) is 0 Å². The van der Waals surface area contributed by atoms with Crippen LogP contribution in [0.2, 0.25) is 0 Å². The maximum atomic E-state index is 11.5. The molecule has 0 aliphatic heterocycles. The number of unbranched alkanes of at least 4 members (excludes halogenated alkanes) is 2. The summed E-state index contributed by atoms with van der Waals surface area (Å²) < 4.78 is 5.55. The van der Waals surface area contributed by atoms with E-state index in [1.807, 2.05) is 0 Å². The van der Waals surface area contributed by atoms with Gasteiger partial charge in [-0.3, -0.25) is 4.79 Å². The second kappa shape index (κ2) is 5.00. The molecular formula is C13H22O2. The second-order valence-corrected chi connectivity index (χ2v) is 5.16. The van der Waals surface area contributed by atoms with Gasteiger partial charge in [-0.1, -0.05) is 19.8 Å². The van der Waals surface area contributed by atoms with Crippen molar-refractivity contribution in [3.63, 3.8) is 0 Å². The number of ether oxygens (including phenoxy) is 1. The lowest BCUT2D eigenvalue weighted by Crippen LogP contribution is -2.23. The van der Waals surface area contributed by atoms with E-state index in [1.165, 1.54) is 25.7 Å². The van der Waals surface area contributed by atoms with E-state index in [2.05, 4.69) is 6.92 Å². The van der Waals surface area contributed by atoms with Crippen LogP contribution in [0.1, 0.15) is 58.3 Å². The van der Waals surface area contributed by atoms with Crippen LogP contribution in [0.4, 0.5) is 0 Å². The van der Waals surface area contributed by atoms with Crippen molar-refractivity contribution in [2.75, 3.05) is 0 Å². The van der Waals surface area contributed by atoms with Crippen molar-refractivity contribution < 1.29 is 9.53 Å². The van der Waals surface area contributed by atoms with Gasteiger partial charge >= 0.3 is 5.97 Å². The van der Waals surface area contributed by atoms with Crippen molar-refractivity contribution >= 4 is 5.97 Å². The molecule has 0 saturated heterocycles. The number of fused-ring (bicyclic) bond motifs is 2. The minimum atomic E-state index is 0.0426. The van der Waals surface area contributed by atoms with Gasteiger partial charge < -0.3 is 4.74 Å². The Morgan fingerprint density at radius 3 is 2.73 bits per heavy atom. The zero-order chi connectivity index (χ0) is 10.7. The summed E-state index contributed by atoms with van der Waals surface area (Å²) in [6.07, 6.45) is 9.33. The van der Waals surface area contributed by atoms with Gasteiger partial charge in [0.15, 0.2) is 0 Å². The quantitative estimate of drug-likeness (QED) is 0.514. The fourth-order valence-electron chi connectivity index (χ4n) is 3.08. The number of hydrogen-bond acceptors (Lipinski definition) is 2. The van der Waals surface area contributed by atoms with Crippen LogP contribution in [-0.4, -0.2) is 12.1 Å². The highest BCUT2D eigenvalue weighted by Crippen LogP contribution is 2.45. The van der Waals surface area contributed by atoms with Gasteiger partial charge in [-0.2, -0.15) is 0 Å². The minimum absolute atomic E-state index is 0.0426. The summed E-state index contributed by atoms with van der Waals surface area (Å²) in [5.74, 6) is 1.61. The molecule has 0 aromatic rings. The smallest absolute Gasteiger partial charge is 0.306 e. The number of hydrogen-bond donors (Lipinski definition) is 0. The Morgan fingerprint density at radius 1 is 1.27 bits per heavy atom. The molecule has 3 atom stereocenters. The van der Waals surface area contributed by atoms with E-state index in [0.29, 0.717) is 12.3 Å². The molecule has 0 amide bonds. The molecule has 0 unspecified atom stereocenters. The molecule has 2 saturated carbocycles. The number of rotatable bonds is 5. The van der Waals surface area contributed by atoms with Crippen molar-refractivity contribution in [1.29, 1.82) is 0 Å². The molecule has 0 aromatic heterocycles. The molecule has 0 radical (unpaired) electrons. The number of carbonyl (C=O) groups excluding carboxylic acids is 1. The predicted molar refractivity (Wildman–Crippen MR) is 59.5 cm³/mol. The Labute approximate surface area is 92.4 Å². The van der Waals surface area contributed by atoms with Crippen LogP contribution >= 0.6 is 0 Å². The van der Waals surface area contributed by atoms with E-state index >= 15 is 0 Å². The van der Waals surface area contributed by atoms with Gasteiger partial charge in [-0.05, 0) is 43.9 Å². The molecule has 86 valence electrons. The molecule has 0 aromatic carbocycles. The summed E-state index contributed by atoms with van der Waals surface area (Å²) >= 11 is 0. The molecule has 2 bridgehead atoms. The Bertz CT molecular complexity index is 225. The molecule has 0 heterocycles. The third kappa shape index (κ3) is 2.73. The SMILES string of the molecule is CCCCCC(=O)O[C@@H]1C[C@@H]2CC[C@H]1C2. The van der Waals surface area contributed by atoms with E-state index in [9.17, 15) is 4.79 Å². The highest BCUT2D eigenvalue weighted by atomic mass is 16.5. The Balaban J connectivity index is 1.66. The van der Waals surface area contributed by atoms with Crippen LogP contribution in [0, 0.1) is 11.8 Å². The Morgan fingerprint density at radius 2 is 2.13 bits per heavy atom. The van der Waals surface area contributed by atoms with Crippen LogP contribution in [-0.2, 0) is 9.53 Å². The van der Waals surface area contributed by atoms with Crippen LogP contribution in [0.5, 0.6) is 0 Å². The largest absolute Gasteiger partial charge is 0.462 e. The van der Waals surface area contributed by atoms with E-state index in [1.54, 1.807) is 0 Å². The van der Waals surface area contributed by atoms with Gasteiger partial charge in [-0.25, -0.2) is 0 Å². The molecule has 2 fully saturated rings. The third-order valence-corrected chi connectivity index (χ3v) is 3.94. The molecular weight excluding hydrogens is 188 g/mol. The van der Waals surface area contributed by atoms with Crippen molar-refractivity contribution in [1.82, 2.24) is 0 Å². The predicted octanol–water partition coefficient (Wildman–Crippen LogP) is 3.30. The summed E-state index contributed by atoms with van der Waals surface area (Å²) in [6.45, 7) is 2.15. The van der Waals surface area contributed by atoms with E-state index in [4.69, 9.17) is 4.74 Å². The van der Waals surface area contributed by atoms with Crippen molar-refractivity contribution in [2.45, 2.75) is 64.4 Å². The van der Waals surface area contributed by atoms with Crippen LogP contribution < -0.4 is 0 Å². The normalized spacial score (nSPS) is 33.3. The highest BCUT2D eigenvalue weighted by Gasteiger charge is 2.41. The average Bonchev–Trinajstić information content (AvgIpc) is 2.79. The molecule has 2 aliphatic rings. The summed E-state index contributed by atoms with van der Waals surface area (Å²) in [5.41, 5.74) is 0. The Kier molecular flexibility index (Phi) is 3.66. The first-order chi connectivity index (χ1) is 7.29. The first-order valence-electron chi connectivity index (χ1n) is 6.49. The minimum Gasteiger partial charge on any atom is -0.462 e. The van der Waals surface area contributed by atoms with Gasteiger partial charge in [0.25, 0.3) is 0 Å². The number of carbonyl (C=O) groups is 1. The lowest BCUT2D eigenvalue weighted by molar-refractivity contribution is -0.151. The summed E-state index contributed by atoms with van der Waals surface area (Å²) in [6, 6.07) is 0. The second-order valence-electron chi connectivity index (χ2n) is 5.16. The monoisotopic (exact) mass is 210 g/mol. The average molecular weight is 210 g/mol. The zero-order valence-corrected chi connectivity index (χ0v) is 9.71. The van der Waals surface area contributed by atoms with E-state index in [0.717, 1.165) is 25.2 Å². The summed E-state index contributed by atoms with van der Waals surface area (Å²) in [7, 11) is 0. The van der Waals surface area contributed by atoms with Gasteiger partial charge in [0, 0.05) is 6.42 Å². The first-order valence-corrected chi connectivity index (χ1v) is 6.49. The molecule has 15 heavy (non-hydrogen) atoms. The number of esters is 1. The molecule has 2 heteroatoms. The third-order valence-electron chi connectivity index (χ3n) is 3.94. The van der Waals surface area contributed by atoms with E-state index < -0.39 is 0 Å². The summed E-state index contributed by atoms with van der Waals surface area (Å²) in [4.78, 5) is 11.5. The lowest BCUT2D eigenvalue weighted by Gasteiger charge is -2.21. The van der Waals surface area contributed by atoms with Crippen molar-refractivity contribution in [2.24, 2.45) is 11.8 Å². The highest BCUT2D eigenvalue weighted by molar-refractivity contribution is 5.69. The topological polar surface area (TPSA) is 26.3 Å². The zero-order valence-electron chi connectivity index (χ0n) is 9.71. The van der Waals surface area contributed by atoms with Crippen molar-refractivity contribution in [3.05, 3.63) is 0 Å². The molecule has 0 spiro atoms. The fourth-order valence-corrected chi connectivity index (χ4v) is 3.08. The lowest BCUT2D eigenvalue weighted by atomic mass is 9.98. The first kappa shape index (κ1) is 11.0. The van der Waals surface area contributed by atoms with Crippen molar-refractivity contribution in [3.8, 4) is 0 Å². The van der Waals surface area contributed by atoms with Gasteiger partial charge in [0.2, 0.25) is 0 Å². The van der Waals surface area contributed by atoms with Gasteiger partial charge in [-0.15, -0.1) is 0 Å². The fraction of sp³-hybridized carbons (Fsp3) is 0.923. The van der Waals surface area contributed by atoms with Crippen LogP contribution in [0.25, 0.3) is 0 Å².